The van der Waals surface area contributed by atoms with E-state index >= 15 is 0 Å². The number of hydrogen-bond donors (Lipinski definition) is 1. The number of carboxylic acids is 1. The quantitative estimate of drug-likeness (QED) is 0.748. The van der Waals surface area contributed by atoms with Crippen molar-refractivity contribution in [3.63, 3.8) is 0 Å². The van der Waals surface area contributed by atoms with Crippen LogP contribution in [0.2, 0.25) is 0 Å². The van der Waals surface area contributed by atoms with Crippen LogP contribution in [0, 0.1) is 0 Å². The summed E-state index contributed by atoms with van der Waals surface area (Å²) in [4.78, 5) is 27.5. The third-order valence-electron chi connectivity index (χ3n) is 6.96. The van der Waals surface area contributed by atoms with Gasteiger partial charge in [-0.05, 0) is 22.3 Å². The van der Waals surface area contributed by atoms with E-state index in [1.54, 1.807) is 4.90 Å². The van der Waals surface area contributed by atoms with Gasteiger partial charge in [0.25, 0.3) is 0 Å². The normalized spacial score (nSPS) is 19.8. The molecule has 2 aromatic rings. The number of nitrogens with zero attached hydrogens (tertiary/aromatic N) is 4. The number of ether oxygens (including phenoxy) is 1. The number of aliphatic carboxylic acids is 1. The highest BCUT2D eigenvalue weighted by Gasteiger charge is 2.31. The Morgan fingerprint density at radius 3 is 1.85 bits per heavy atom. The molecule has 3 aliphatic rings. The maximum Gasteiger partial charge on any atom is 0.409 e. The molecule has 33 heavy (non-hydrogen) atoms. The van der Waals surface area contributed by atoms with Crippen LogP contribution in [-0.4, -0.2) is 102 Å². The van der Waals surface area contributed by atoms with E-state index in [0.717, 1.165) is 39.3 Å². The van der Waals surface area contributed by atoms with Gasteiger partial charge in [-0.25, -0.2) is 14.8 Å². The molecule has 8 heteroatoms. The van der Waals surface area contributed by atoms with Crippen LogP contribution in [-0.2, 0) is 9.53 Å². The molecule has 1 N–H and O–H groups in total. The second-order valence-corrected chi connectivity index (χ2v) is 8.87. The topological polar surface area (TPSA) is 76.6 Å². The Kier molecular flexibility index (Phi) is 6.30. The Balaban J connectivity index is 1.12. The molecule has 1 aliphatic carbocycles. The maximum atomic E-state index is 12.8. The SMILES string of the molecule is O=C(O)CN1CCN(N2CCN(C(=O)OCC3c4ccccc4-c4ccccc43)CC2)CC1. The summed E-state index contributed by atoms with van der Waals surface area (Å²) in [5, 5.41) is 13.5. The van der Waals surface area contributed by atoms with Gasteiger partial charge in [-0.1, -0.05) is 48.5 Å². The fourth-order valence-corrected chi connectivity index (χ4v) is 5.22. The van der Waals surface area contributed by atoms with Crippen molar-refractivity contribution in [1.82, 2.24) is 19.8 Å². The minimum absolute atomic E-state index is 0.0738. The molecule has 0 unspecified atom stereocenters. The first-order chi connectivity index (χ1) is 16.1. The molecule has 0 aromatic heterocycles. The summed E-state index contributed by atoms with van der Waals surface area (Å²) < 4.78 is 5.80. The highest BCUT2D eigenvalue weighted by Crippen LogP contribution is 2.44. The largest absolute Gasteiger partial charge is 0.480 e. The van der Waals surface area contributed by atoms with Gasteiger partial charge in [0.05, 0.1) is 6.54 Å². The van der Waals surface area contributed by atoms with Crippen molar-refractivity contribution in [2.45, 2.75) is 5.92 Å². The van der Waals surface area contributed by atoms with Gasteiger partial charge in [0.15, 0.2) is 0 Å². The molecule has 2 fully saturated rings. The van der Waals surface area contributed by atoms with Gasteiger partial charge in [-0.15, -0.1) is 0 Å². The van der Waals surface area contributed by atoms with Gasteiger partial charge in [-0.2, -0.15) is 0 Å². The Morgan fingerprint density at radius 2 is 1.30 bits per heavy atom. The summed E-state index contributed by atoms with van der Waals surface area (Å²) in [6, 6.07) is 16.7. The van der Waals surface area contributed by atoms with Gasteiger partial charge in [0.1, 0.15) is 6.61 Å². The van der Waals surface area contributed by atoms with Crippen molar-refractivity contribution in [2.24, 2.45) is 0 Å². The van der Waals surface area contributed by atoms with E-state index in [-0.39, 0.29) is 18.6 Å². The lowest BCUT2D eigenvalue weighted by Crippen LogP contribution is -2.59. The predicted molar refractivity (Wildman–Crippen MR) is 124 cm³/mol. The average Bonchev–Trinajstić information content (AvgIpc) is 3.16. The van der Waals surface area contributed by atoms with Gasteiger partial charge in [-0.3, -0.25) is 9.69 Å². The van der Waals surface area contributed by atoms with Crippen LogP contribution in [0.15, 0.2) is 48.5 Å². The van der Waals surface area contributed by atoms with Crippen LogP contribution in [0.4, 0.5) is 4.79 Å². The third kappa shape index (κ3) is 4.59. The maximum absolute atomic E-state index is 12.8. The van der Waals surface area contributed by atoms with Gasteiger partial charge >= 0.3 is 12.1 Å². The molecule has 5 rings (SSSR count). The summed E-state index contributed by atoms with van der Waals surface area (Å²) in [5.41, 5.74) is 4.90. The van der Waals surface area contributed by atoms with Crippen LogP contribution in [0.5, 0.6) is 0 Å². The molecule has 0 spiro atoms. The number of hydrogen-bond acceptors (Lipinski definition) is 6. The molecule has 2 aliphatic heterocycles. The van der Waals surface area contributed by atoms with E-state index < -0.39 is 5.97 Å². The predicted octanol–water partition coefficient (Wildman–Crippen LogP) is 2.17. The van der Waals surface area contributed by atoms with Crippen LogP contribution in [0.3, 0.4) is 0 Å². The van der Waals surface area contributed by atoms with E-state index in [1.165, 1.54) is 22.3 Å². The summed E-state index contributed by atoms with van der Waals surface area (Å²) in [6.07, 6.45) is -0.247. The fraction of sp³-hybridized carbons (Fsp3) is 0.440. The first-order valence-corrected chi connectivity index (χ1v) is 11.6. The van der Waals surface area contributed by atoms with E-state index in [1.807, 2.05) is 17.0 Å². The van der Waals surface area contributed by atoms with E-state index in [2.05, 4.69) is 46.4 Å². The summed E-state index contributed by atoms with van der Waals surface area (Å²) in [7, 11) is 0. The zero-order valence-corrected chi connectivity index (χ0v) is 18.7. The second-order valence-electron chi connectivity index (χ2n) is 8.87. The van der Waals surface area contributed by atoms with Crippen molar-refractivity contribution in [2.75, 3.05) is 65.5 Å². The molecule has 2 heterocycles. The Hall–Kier alpha value is -2.94. The van der Waals surface area contributed by atoms with E-state index in [4.69, 9.17) is 9.84 Å². The van der Waals surface area contributed by atoms with Gasteiger partial charge < -0.3 is 14.7 Å². The number of fused-ring (bicyclic) bond motifs is 3. The molecule has 0 saturated carbocycles. The fourth-order valence-electron chi connectivity index (χ4n) is 5.22. The number of amides is 1. The summed E-state index contributed by atoms with van der Waals surface area (Å²) in [6.45, 7) is 6.38. The Bertz CT molecular complexity index is 967. The number of carbonyl (C=O) groups excluding carboxylic acids is 1. The summed E-state index contributed by atoms with van der Waals surface area (Å²) >= 11 is 0. The number of carboxylic acid groups (broad SMARTS) is 1. The van der Waals surface area contributed by atoms with Crippen molar-refractivity contribution < 1.29 is 19.4 Å². The van der Waals surface area contributed by atoms with Crippen LogP contribution < -0.4 is 0 Å². The first-order valence-electron chi connectivity index (χ1n) is 11.6. The van der Waals surface area contributed by atoms with Crippen molar-refractivity contribution in [3.05, 3.63) is 59.7 Å². The smallest absolute Gasteiger partial charge is 0.409 e. The third-order valence-corrected chi connectivity index (χ3v) is 6.96. The minimum Gasteiger partial charge on any atom is -0.480 e. The molecule has 0 radical (unpaired) electrons. The number of carbonyl (C=O) groups is 2. The molecular weight excluding hydrogens is 420 g/mol. The lowest BCUT2D eigenvalue weighted by Gasteiger charge is -2.44. The zero-order valence-electron chi connectivity index (χ0n) is 18.7. The number of rotatable bonds is 5. The molecular formula is C25H30N4O4. The second kappa shape index (κ2) is 9.51. The highest BCUT2D eigenvalue weighted by molar-refractivity contribution is 5.79. The molecule has 0 atom stereocenters. The number of benzene rings is 2. The molecule has 1 amide bonds. The van der Waals surface area contributed by atoms with Crippen LogP contribution in [0.25, 0.3) is 11.1 Å². The van der Waals surface area contributed by atoms with Crippen LogP contribution in [0.1, 0.15) is 17.0 Å². The van der Waals surface area contributed by atoms with Gasteiger partial charge in [0.2, 0.25) is 0 Å². The van der Waals surface area contributed by atoms with E-state index in [0.29, 0.717) is 19.7 Å². The highest BCUT2D eigenvalue weighted by atomic mass is 16.6. The van der Waals surface area contributed by atoms with Crippen molar-refractivity contribution in [3.8, 4) is 11.1 Å². The Morgan fingerprint density at radius 1 is 0.788 bits per heavy atom. The monoisotopic (exact) mass is 450 g/mol. The van der Waals surface area contributed by atoms with Crippen molar-refractivity contribution >= 4 is 12.1 Å². The van der Waals surface area contributed by atoms with Crippen molar-refractivity contribution in [1.29, 1.82) is 0 Å². The number of hydrazine groups is 1. The standard InChI is InChI=1S/C25H30N4O4/c30-24(31)17-26-9-13-28(14-10-26)29-15-11-27(12-16-29)25(32)33-18-23-21-7-3-1-5-19(21)20-6-2-4-8-22(20)23/h1-8,23H,9-18H2,(H,30,31). The van der Waals surface area contributed by atoms with Crippen LogP contribution >= 0.6 is 0 Å². The number of piperazine rings is 2. The van der Waals surface area contributed by atoms with Gasteiger partial charge in [0, 0.05) is 58.3 Å². The molecule has 0 bridgehead atoms. The lowest BCUT2D eigenvalue weighted by atomic mass is 9.98. The zero-order chi connectivity index (χ0) is 22.8. The van der Waals surface area contributed by atoms with E-state index in [9.17, 15) is 9.59 Å². The molecule has 2 aromatic carbocycles. The molecule has 8 nitrogen and oxygen atoms in total. The minimum atomic E-state index is -0.778. The lowest BCUT2D eigenvalue weighted by molar-refractivity contribution is -0.140. The molecule has 174 valence electrons. The first kappa shape index (κ1) is 21.9. The molecule has 2 saturated heterocycles. The summed E-state index contributed by atoms with van der Waals surface area (Å²) in [5.74, 6) is -0.704. The Labute approximate surface area is 193 Å². The average molecular weight is 451 g/mol.